The average molecular weight is 532 g/mol. The van der Waals surface area contributed by atoms with Gasteiger partial charge in [0, 0.05) is 18.4 Å². The van der Waals surface area contributed by atoms with Crippen molar-refractivity contribution in [1.82, 2.24) is 25.1 Å². The summed E-state index contributed by atoms with van der Waals surface area (Å²) >= 11 is 0. The van der Waals surface area contributed by atoms with Crippen molar-refractivity contribution >= 4 is 11.9 Å². The fourth-order valence-corrected chi connectivity index (χ4v) is 5.41. The lowest BCUT2D eigenvalue weighted by Gasteiger charge is -2.35. The molecule has 2 aromatic heterocycles. The minimum atomic E-state index is -4.63. The Morgan fingerprint density at radius 1 is 1.29 bits per heavy atom. The number of carboxylic acid groups (broad SMARTS) is 1. The molecule has 38 heavy (non-hydrogen) atoms. The first-order valence-corrected chi connectivity index (χ1v) is 12.7. The maximum atomic E-state index is 13.8. The first-order valence-electron chi connectivity index (χ1n) is 12.7. The maximum absolute atomic E-state index is 13.8. The standard InChI is InChI=1S/C27H32F3N5O3/c1-26(2)11-5-6-17(13-26)9-10-19(12-23(36)37)33-25(38)21-16-35(24(34-21)18-14-31-32-15-18)22-8-4-3-7-20(22)27(28,29)30/h3-4,7-8,14-17,19H,5-6,9-13H2,1-2H3,(H,31,32)(H,33,38)(H,36,37)/t17?,19-/m0/s1. The van der Waals surface area contributed by atoms with E-state index >= 15 is 0 Å². The molecular weight excluding hydrogens is 499 g/mol. The van der Waals surface area contributed by atoms with Crippen molar-refractivity contribution in [2.75, 3.05) is 0 Å². The van der Waals surface area contributed by atoms with Gasteiger partial charge in [0.1, 0.15) is 11.5 Å². The Labute approximate surface area is 218 Å². The molecule has 0 spiro atoms. The number of aromatic nitrogens is 4. The van der Waals surface area contributed by atoms with Crippen LogP contribution in [0.5, 0.6) is 0 Å². The number of halogens is 3. The van der Waals surface area contributed by atoms with Crippen molar-refractivity contribution < 1.29 is 27.9 Å². The molecule has 2 atom stereocenters. The highest BCUT2D eigenvalue weighted by Gasteiger charge is 2.35. The summed E-state index contributed by atoms with van der Waals surface area (Å²) in [7, 11) is 0. The van der Waals surface area contributed by atoms with Gasteiger partial charge in [-0.2, -0.15) is 18.3 Å². The Morgan fingerprint density at radius 3 is 2.71 bits per heavy atom. The summed E-state index contributed by atoms with van der Waals surface area (Å²) in [5.41, 5.74) is -0.550. The second-order valence-corrected chi connectivity index (χ2v) is 10.8. The van der Waals surface area contributed by atoms with Crippen LogP contribution >= 0.6 is 0 Å². The van der Waals surface area contributed by atoms with E-state index in [1.54, 1.807) is 0 Å². The number of carbonyl (C=O) groups is 2. The van der Waals surface area contributed by atoms with Gasteiger partial charge >= 0.3 is 12.1 Å². The molecule has 2 heterocycles. The number of aliphatic carboxylic acids is 1. The second-order valence-electron chi connectivity index (χ2n) is 10.8. The van der Waals surface area contributed by atoms with E-state index in [9.17, 15) is 27.9 Å². The van der Waals surface area contributed by atoms with Gasteiger partial charge in [0.25, 0.3) is 5.91 Å². The van der Waals surface area contributed by atoms with Crippen molar-refractivity contribution in [3.05, 3.63) is 54.1 Å². The molecule has 0 saturated heterocycles. The van der Waals surface area contributed by atoms with Gasteiger partial charge in [0.05, 0.1) is 29.4 Å². The fourth-order valence-electron chi connectivity index (χ4n) is 5.41. The highest BCUT2D eigenvalue weighted by Crippen LogP contribution is 2.40. The van der Waals surface area contributed by atoms with Crippen molar-refractivity contribution in [3.63, 3.8) is 0 Å². The zero-order valence-electron chi connectivity index (χ0n) is 21.4. The number of carbonyl (C=O) groups excluding carboxylic acids is 1. The molecule has 1 unspecified atom stereocenters. The highest BCUT2D eigenvalue weighted by atomic mass is 19.4. The van der Waals surface area contributed by atoms with Crippen LogP contribution in [0.4, 0.5) is 13.2 Å². The minimum Gasteiger partial charge on any atom is -0.481 e. The molecule has 1 amide bonds. The van der Waals surface area contributed by atoms with E-state index in [0.29, 0.717) is 17.9 Å². The number of alkyl halides is 3. The molecule has 0 aliphatic heterocycles. The smallest absolute Gasteiger partial charge is 0.418 e. The molecule has 8 nitrogen and oxygen atoms in total. The lowest BCUT2D eigenvalue weighted by molar-refractivity contribution is -0.138. The van der Waals surface area contributed by atoms with Crippen LogP contribution < -0.4 is 5.32 Å². The van der Waals surface area contributed by atoms with E-state index in [0.717, 1.165) is 38.2 Å². The Morgan fingerprint density at radius 2 is 2.05 bits per heavy atom. The van der Waals surface area contributed by atoms with E-state index in [-0.39, 0.29) is 29.0 Å². The van der Waals surface area contributed by atoms with Crippen molar-refractivity contribution in [3.8, 4) is 17.1 Å². The normalized spacial score (nSPS) is 18.2. The lowest BCUT2D eigenvalue weighted by Crippen LogP contribution is -2.37. The SMILES string of the molecule is CC1(C)CCCC(CC[C@@H](CC(=O)O)NC(=O)c2cn(-c3ccccc3C(F)(F)F)c(-c3cn[nH]c3)n2)C1. The quantitative estimate of drug-likeness (QED) is 0.321. The number of benzene rings is 1. The topological polar surface area (TPSA) is 113 Å². The molecule has 204 valence electrons. The van der Waals surface area contributed by atoms with Crippen LogP contribution in [0.2, 0.25) is 0 Å². The highest BCUT2D eigenvalue weighted by molar-refractivity contribution is 5.93. The van der Waals surface area contributed by atoms with Gasteiger partial charge in [0.15, 0.2) is 0 Å². The van der Waals surface area contributed by atoms with Gasteiger partial charge in [-0.3, -0.25) is 19.3 Å². The number of carboxylic acids is 1. The van der Waals surface area contributed by atoms with Crippen molar-refractivity contribution in [2.24, 2.45) is 11.3 Å². The van der Waals surface area contributed by atoms with Crippen LogP contribution in [0, 0.1) is 11.3 Å². The largest absolute Gasteiger partial charge is 0.481 e. The number of para-hydroxylation sites is 1. The first-order chi connectivity index (χ1) is 17.9. The zero-order valence-corrected chi connectivity index (χ0v) is 21.4. The van der Waals surface area contributed by atoms with E-state index < -0.39 is 29.7 Å². The molecule has 1 fully saturated rings. The molecule has 1 aliphatic carbocycles. The van der Waals surface area contributed by atoms with Gasteiger partial charge in [0.2, 0.25) is 0 Å². The third-order valence-corrected chi connectivity index (χ3v) is 7.15. The number of hydrogen-bond donors (Lipinski definition) is 3. The average Bonchev–Trinajstić information content (AvgIpc) is 3.51. The van der Waals surface area contributed by atoms with Crippen LogP contribution in [0.15, 0.2) is 42.9 Å². The number of nitrogens with zero attached hydrogens (tertiary/aromatic N) is 3. The molecule has 1 aromatic carbocycles. The third kappa shape index (κ3) is 6.62. The van der Waals surface area contributed by atoms with Gasteiger partial charge < -0.3 is 10.4 Å². The number of aromatic amines is 1. The third-order valence-electron chi connectivity index (χ3n) is 7.15. The van der Waals surface area contributed by atoms with Crippen LogP contribution in [0.3, 0.4) is 0 Å². The van der Waals surface area contributed by atoms with Crippen LogP contribution in [-0.2, 0) is 11.0 Å². The number of amides is 1. The summed E-state index contributed by atoms with van der Waals surface area (Å²) in [5, 5.41) is 18.7. The summed E-state index contributed by atoms with van der Waals surface area (Å²) in [4.78, 5) is 29.1. The monoisotopic (exact) mass is 531 g/mol. The van der Waals surface area contributed by atoms with Crippen LogP contribution in [-0.4, -0.2) is 42.8 Å². The molecule has 3 aromatic rings. The summed E-state index contributed by atoms with van der Waals surface area (Å²) in [6.45, 7) is 4.47. The molecule has 1 saturated carbocycles. The van der Waals surface area contributed by atoms with Gasteiger partial charge in [-0.25, -0.2) is 4.98 Å². The summed E-state index contributed by atoms with van der Waals surface area (Å²) in [6.07, 6.45) is 4.92. The fraction of sp³-hybridized carbons (Fsp3) is 0.481. The number of hydrogen-bond acceptors (Lipinski definition) is 4. The maximum Gasteiger partial charge on any atom is 0.418 e. The molecule has 4 rings (SSSR count). The van der Waals surface area contributed by atoms with E-state index in [4.69, 9.17) is 0 Å². The van der Waals surface area contributed by atoms with Gasteiger partial charge in [-0.15, -0.1) is 0 Å². The van der Waals surface area contributed by atoms with Gasteiger partial charge in [-0.1, -0.05) is 38.8 Å². The van der Waals surface area contributed by atoms with E-state index in [1.165, 1.54) is 41.4 Å². The summed E-state index contributed by atoms with van der Waals surface area (Å²) in [5.74, 6) is -1.13. The first kappa shape index (κ1) is 27.4. The number of H-pyrrole nitrogens is 1. The Kier molecular flexibility index (Phi) is 7.94. The number of rotatable bonds is 9. The predicted molar refractivity (Wildman–Crippen MR) is 135 cm³/mol. The van der Waals surface area contributed by atoms with E-state index in [2.05, 4.69) is 34.3 Å². The number of imidazole rings is 1. The van der Waals surface area contributed by atoms with E-state index in [1.807, 2.05) is 0 Å². The van der Waals surface area contributed by atoms with Crippen molar-refractivity contribution in [1.29, 1.82) is 0 Å². The zero-order chi connectivity index (χ0) is 27.5. The Balaban J connectivity index is 1.59. The minimum absolute atomic E-state index is 0.0971. The summed E-state index contributed by atoms with van der Waals surface area (Å²) < 4.78 is 42.5. The molecule has 1 aliphatic rings. The van der Waals surface area contributed by atoms with Crippen LogP contribution in [0.1, 0.15) is 74.8 Å². The van der Waals surface area contributed by atoms with Crippen molar-refractivity contribution in [2.45, 2.75) is 71.0 Å². The van der Waals surface area contributed by atoms with Crippen LogP contribution in [0.25, 0.3) is 17.1 Å². The predicted octanol–water partition coefficient (Wildman–Crippen LogP) is 5.85. The number of nitrogens with one attached hydrogen (secondary N) is 2. The molecule has 0 bridgehead atoms. The lowest BCUT2D eigenvalue weighted by atomic mass is 9.71. The molecule has 11 heteroatoms. The Bertz CT molecular complexity index is 1270. The Hall–Kier alpha value is -3.63. The van der Waals surface area contributed by atoms with Gasteiger partial charge in [-0.05, 0) is 49.1 Å². The molecule has 0 radical (unpaired) electrons. The molecular formula is C27H32F3N5O3. The second kappa shape index (κ2) is 11.0. The molecule has 3 N–H and O–H groups in total. The summed E-state index contributed by atoms with van der Waals surface area (Å²) in [6, 6.07) is 4.39.